The van der Waals surface area contributed by atoms with Crippen molar-refractivity contribution >= 4 is 11.6 Å². The Labute approximate surface area is 117 Å². The summed E-state index contributed by atoms with van der Waals surface area (Å²) in [5.41, 5.74) is 8.28. The SMILES string of the molecule is CCC(N)Cc1cc(F)c(OC/C(C)=C/Cl)c(F)c1. The lowest BCUT2D eigenvalue weighted by Gasteiger charge is -2.12. The van der Waals surface area contributed by atoms with Crippen molar-refractivity contribution in [2.24, 2.45) is 5.73 Å². The minimum Gasteiger partial charge on any atom is -0.483 e. The van der Waals surface area contributed by atoms with Gasteiger partial charge in [-0.05, 0) is 43.0 Å². The van der Waals surface area contributed by atoms with Crippen LogP contribution in [0.25, 0.3) is 0 Å². The third kappa shape index (κ3) is 4.80. The van der Waals surface area contributed by atoms with Crippen molar-refractivity contribution in [1.29, 1.82) is 0 Å². The largest absolute Gasteiger partial charge is 0.483 e. The Bertz CT molecular complexity index is 440. The van der Waals surface area contributed by atoms with Gasteiger partial charge in [-0.15, -0.1) is 0 Å². The Kier molecular flexibility index (Phi) is 6.25. The van der Waals surface area contributed by atoms with Gasteiger partial charge in [-0.2, -0.15) is 0 Å². The molecule has 0 saturated heterocycles. The summed E-state index contributed by atoms with van der Waals surface area (Å²) in [6.07, 6.45) is 1.19. The molecule has 5 heteroatoms. The second-order valence-corrected chi connectivity index (χ2v) is 4.72. The van der Waals surface area contributed by atoms with Crippen LogP contribution in [0.5, 0.6) is 5.75 Å². The molecule has 106 valence electrons. The molecular formula is C14H18ClF2NO. The highest BCUT2D eigenvalue weighted by Crippen LogP contribution is 2.24. The van der Waals surface area contributed by atoms with Crippen LogP contribution in [0.4, 0.5) is 8.78 Å². The van der Waals surface area contributed by atoms with Crippen molar-refractivity contribution in [3.05, 3.63) is 40.4 Å². The number of ether oxygens (including phenoxy) is 1. The molecule has 19 heavy (non-hydrogen) atoms. The smallest absolute Gasteiger partial charge is 0.191 e. The van der Waals surface area contributed by atoms with Crippen LogP contribution in [-0.4, -0.2) is 12.6 Å². The summed E-state index contributed by atoms with van der Waals surface area (Å²) in [6, 6.07) is 2.41. The second kappa shape index (κ2) is 7.46. The highest BCUT2D eigenvalue weighted by atomic mass is 35.5. The summed E-state index contributed by atoms with van der Waals surface area (Å²) < 4.78 is 32.6. The minimum absolute atomic E-state index is 0.0468. The van der Waals surface area contributed by atoms with Crippen molar-refractivity contribution < 1.29 is 13.5 Å². The van der Waals surface area contributed by atoms with Crippen LogP contribution in [0.15, 0.2) is 23.2 Å². The van der Waals surface area contributed by atoms with E-state index in [0.717, 1.165) is 6.42 Å². The van der Waals surface area contributed by atoms with Crippen molar-refractivity contribution in [1.82, 2.24) is 0 Å². The molecule has 0 heterocycles. The number of halogens is 3. The van der Waals surface area contributed by atoms with Gasteiger partial charge in [-0.25, -0.2) is 8.78 Å². The van der Waals surface area contributed by atoms with Crippen molar-refractivity contribution in [2.75, 3.05) is 6.61 Å². The minimum atomic E-state index is -0.722. The van der Waals surface area contributed by atoms with Crippen LogP contribution in [0, 0.1) is 11.6 Å². The number of hydrogen-bond donors (Lipinski definition) is 1. The predicted molar refractivity (Wildman–Crippen MR) is 73.4 cm³/mol. The van der Waals surface area contributed by atoms with Crippen LogP contribution in [0.1, 0.15) is 25.8 Å². The number of benzene rings is 1. The van der Waals surface area contributed by atoms with Crippen molar-refractivity contribution in [3.63, 3.8) is 0 Å². The van der Waals surface area contributed by atoms with E-state index in [1.165, 1.54) is 17.7 Å². The molecular weight excluding hydrogens is 272 g/mol. The first-order valence-corrected chi connectivity index (χ1v) is 6.53. The molecule has 0 bridgehead atoms. The van der Waals surface area contributed by atoms with E-state index in [1.807, 2.05) is 6.92 Å². The fourth-order valence-electron chi connectivity index (χ4n) is 1.53. The standard InChI is InChI=1S/C14H18ClF2NO/c1-3-11(18)4-10-5-12(16)14(13(17)6-10)19-8-9(2)7-15/h5-7,11H,3-4,8,18H2,1-2H3/b9-7+. The molecule has 0 aromatic heterocycles. The maximum absolute atomic E-state index is 13.8. The highest BCUT2D eigenvalue weighted by Gasteiger charge is 2.14. The Hall–Kier alpha value is -1.13. The molecule has 1 atom stereocenters. The first-order valence-electron chi connectivity index (χ1n) is 6.10. The lowest BCUT2D eigenvalue weighted by molar-refractivity contribution is 0.312. The molecule has 0 aliphatic carbocycles. The molecule has 1 unspecified atom stereocenters. The third-order valence-corrected chi connectivity index (χ3v) is 3.08. The number of nitrogens with two attached hydrogens (primary N) is 1. The molecule has 0 amide bonds. The quantitative estimate of drug-likeness (QED) is 0.865. The van der Waals surface area contributed by atoms with E-state index in [2.05, 4.69) is 0 Å². The molecule has 2 N–H and O–H groups in total. The van der Waals surface area contributed by atoms with Gasteiger partial charge in [-0.3, -0.25) is 0 Å². The molecule has 0 aliphatic heterocycles. The van der Waals surface area contributed by atoms with Gasteiger partial charge < -0.3 is 10.5 Å². The number of hydrogen-bond acceptors (Lipinski definition) is 2. The zero-order chi connectivity index (χ0) is 14.4. The van der Waals surface area contributed by atoms with E-state index in [4.69, 9.17) is 22.1 Å². The maximum Gasteiger partial charge on any atom is 0.191 e. The van der Waals surface area contributed by atoms with Gasteiger partial charge in [0.1, 0.15) is 6.61 Å². The second-order valence-electron chi connectivity index (χ2n) is 4.51. The molecule has 0 radical (unpaired) electrons. The fourth-order valence-corrected chi connectivity index (χ4v) is 1.60. The van der Waals surface area contributed by atoms with Gasteiger partial charge in [0, 0.05) is 11.6 Å². The monoisotopic (exact) mass is 289 g/mol. The van der Waals surface area contributed by atoms with E-state index in [9.17, 15) is 8.78 Å². The molecule has 0 spiro atoms. The zero-order valence-corrected chi connectivity index (χ0v) is 11.8. The summed E-state index contributed by atoms with van der Waals surface area (Å²) in [6.45, 7) is 3.68. The van der Waals surface area contributed by atoms with E-state index in [0.29, 0.717) is 17.6 Å². The fraction of sp³-hybridized carbons (Fsp3) is 0.429. The topological polar surface area (TPSA) is 35.2 Å². The van der Waals surface area contributed by atoms with Gasteiger partial charge in [0.15, 0.2) is 17.4 Å². The summed E-state index contributed by atoms with van der Waals surface area (Å²) in [5.74, 6) is -1.83. The van der Waals surface area contributed by atoms with Gasteiger partial charge in [0.05, 0.1) is 0 Å². The Morgan fingerprint density at radius 1 is 1.42 bits per heavy atom. The first-order chi connectivity index (χ1) is 8.97. The normalized spacial score (nSPS) is 13.5. The van der Waals surface area contributed by atoms with Crippen molar-refractivity contribution in [3.8, 4) is 5.75 Å². The van der Waals surface area contributed by atoms with Crippen LogP contribution in [-0.2, 0) is 6.42 Å². The van der Waals surface area contributed by atoms with Crippen LogP contribution >= 0.6 is 11.6 Å². The molecule has 1 rings (SSSR count). The van der Waals surface area contributed by atoms with Gasteiger partial charge >= 0.3 is 0 Å². The summed E-state index contributed by atoms with van der Waals surface area (Å²) in [7, 11) is 0. The van der Waals surface area contributed by atoms with Gasteiger partial charge in [0.25, 0.3) is 0 Å². The zero-order valence-electron chi connectivity index (χ0n) is 11.1. The third-order valence-electron chi connectivity index (χ3n) is 2.71. The van der Waals surface area contributed by atoms with Crippen LogP contribution in [0.2, 0.25) is 0 Å². The predicted octanol–water partition coefficient (Wildman–Crippen LogP) is 3.77. The molecule has 2 nitrogen and oxygen atoms in total. The van der Waals surface area contributed by atoms with E-state index in [-0.39, 0.29) is 18.4 Å². The van der Waals surface area contributed by atoms with Gasteiger partial charge in [-0.1, -0.05) is 18.5 Å². The highest BCUT2D eigenvalue weighted by molar-refractivity contribution is 6.25. The van der Waals surface area contributed by atoms with Gasteiger partial charge in [0.2, 0.25) is 0 Å². The van der Waals surface area contributed by atoms with E-state index < -0.39 is 11.6 Å². The average Bonchev–Trinajstić information content (AvgIpc) is 2.37. The first kappa shape index (κ1) is 15.9. The van der Waals surface area contributed by atoms with Crippen LogP contribution in [0.3, 0.4) is 0 Å². The molecule has 0 saturated carbocycles. The number of rotatable bonds is 6. The molecule has 0 fully saturated rings. The van der Waals surface area contributed by atoms with E-state index in [1.54, 1.807) is 6.92 Å². The Morgan fingerprint density at radius 2 is 2.00 bits per heavy atom. The van der Waals surface area contributed by atoms with Crippen molar-refractivity contribution in [2.45, 2.75) is 32.7 Å². The molecule has 0 aliphatic rings. The average molecular weight is 290 g/mol. The van der Waals surface area contributed by atoms with E-state index >= 15 is 0 Å². The summed E-state index contributed by atoms with van der Waals surface area (Å²) >= 11 is 5.45. The maximum atomic E-state index is 13.8. The lowest BCUT2D eigenvalue weighted by atomic mass is 10.0. The summed E-state index contributed by atoms with van der Waals surface area (Å²) in [4.78, 5) is 0. The Morgan fingerprint density at radius 3 is 2.47 bits per heavy atom. The lowest BCUT2D eigenvalue weighted by Crippen LogP contribution is -2.21. The molecule has 1 aromatic rings. The van der Waals surface area contributed by atoms with Crippen LogP contribution < -0.4 is 10.5 Å². The summed E-state index contributed by atoms with van der Waals surface area (Å²) in [5, 5.41) is 0. The Balaban J connectivity index is 2.85. The molecule has 1 aromatic carbocycles.